The van der Waals surface area contributed by atoms with Gasteiger partial charge in [0.2, 0.25) is 0 Å². The van der Waals surface area contributed by atoms with Gasteiger partial charge in [-0.25, -0.2) is 4.79 Å². The van der Waals surface area contributed by atoms with Gasteiger partial charge in [-0.05, 0) is 36.4 Å². The molecule has 5 nitrogen and oxygen atoms in total. The maximum Gasteiger partial charge on any atom is 0.323 e. The fraction of sp³-hybridized carbons (Fsp3) is 0.0714. The normalized spacial score (nSPS) is 10.0. The topological polar surface area (TPSA) is 76.4 Å². The third-order valence-corrected chi connectivity index (χ3v) is 3.19. The van der Waals surface area contributed by atoms with E-state index in [4.69, 9.17) is 33.7 Å². The summed E-state index contributed by atoms with van der Waals surface area (Å²) < 4.78 is 5.04. The number of nitrogens with one attached hydrogen (secondary N) is 2. The highest BCUT2D eigenvalue weighted by Gasteiger charge is 2.10. The molecule has 21 heavy (non-hydrogen) atoms. The van der Waals surface area contributed by atoms with Crippen LogP contribution in [-0.4, -0.2) is 13.1 Å². The summed E-state index contributed by atoms with van der Waals surface area (Å²) in [5.74, 6) is 0.700. The predicted octanol–water partition coefficient (Wildman–Crippen LogP) is 4.23. The smallest absolute Gasteiger partial charge is 0.323 e. The van der Waals surface area contributed by atoms with Crippen LogP contribution in [0.1, 0.15) is 0 Å². The highest BCUT2D eigenvalue weighted by molar-refractivity contribution is 6.37. The summed E-state index contributed by atoms with van der Waals surface area (Å²) in [5, 5.41) is 5.91. The molecule has 0 fully saturated rings. The predicted molar refractivity (Wildman–Crippen MR) is 86.5 cm³/mol. The van der Waals surface area contributed by atoms with E-state index in [2.05, 4.69) is 10.6 Å². The molecule has 110 valence electrons. The van der Waals surface area contributed by atoms with Crippen molar-refractivity contribution in [1.29, 1.82) is 0 Å². The number of carbonyl (C=O) groups excluding carboxylic acids is 1. The van der Waals surface area contributed by atoms with Crippen LogP contribution in [0, 0.1) is 0 Å². The minimum atomic E-state index is -0.462. The molecular weight excluding hydrogens is 313 g/mol. The number of halogens is 2. The number of rotatable bonds is 3. The van der Waals surface area contributed by atoms with E-state index in [0.717, 1.165) is 0 Å². The molecule has 0 aromatic heterocycles. The second kappa shape index (κ2) is 6.56. The van der Waals surface area contributed by atoms with Gasteiger partial charge in [0.05, 0.1) is 23.5 Å². The molecule has 0 bridgehead atoms. The van der Waals surface area contributed by atoms with Crippen LogP contribution >= 0.6 is 23.2 Å². The van der Waals surface area contributed by atoms with Crippen LogP contribution in [0.5, 0.6) is 5.75 Å². The minimum absolute atomic E-state index is 0.268. The summed E-state index contributed by atoms with van der Waals surface area (Å²) in [6.45, 7) is 0. The van der Waals surface area contributed by atoms with E-state index in [0.29, 0.717) is 22.1 Å². The lowest BCUT2D eigenvalue weighted by Gasteiger charge is -2.12. The monoisotopic (exact) mass is 325 g/mol. The number of hydrogen-bond acceptors (Lipinski definition) is 3. The third-order valence-electron chi connectivity index (χ3n) is 2.67. The Balaban J connectivity index is 2.08. The molecule has 0 spiro atoms. The molecule has 2 aromatic rings. The summed E-state index contributed by atoms with van der Waals surface area (Å²) in [6.07, 6.45) is 0. The molecule has 0 aliphatic carbocycles. The van der Waals surface area contributed by atoms with E-state index in [1.807, 2.05) is 0 Å². The van der Waals surface area contributed by atoms with Crippen LogP contribution in [0.4, 0.5) is 21.9 Å². The quantitative estimate of drug-likeness (QED) is 0.739. The van der Waals surface area contributed by atoms with Gasteiger partial charge < -0.3 is 21.1 Å². The Bertz CT molecular complexity index is 637. The zero-order chi connectivity index (χ0) is 15.4. The number of amides is 2. The zero-order valence-electron chi connectivity index (χ0n) is 11.1. The standard InChI is InChI=1S/C14H13Cl2N3O2/c1-21-10-4-2-9(3-5-10)18-14(20)19-13-11(16)6-8(15)7-12(13)17/h2-7H,17H2,1H3,(H2,18,19,20). The molecule has 0 atom stereocenters. The van der Waals surface area contributed by atoms with E-state index < -0.39 is 6.03 Å². The fourth-order valence-electron chi connectivity index (χ4n) is 1.68. The number of urea groups is 1. The number of ether oxygens (including phenoxy) is 1. The van der Waals surface area contributed by atoms with Gasteiger partial charge in [0.15, 0.2) is 0 Å². The van der Waals surface area contributed by atoms with E-state index in [1.165, 1.54) is 12.1 Å². The number of methoxy groups -OCH3 is 1. The molecule has 0 saturated carbocycles. The van der Waals surface area contributed by atoms with Gasteiger partial charge in [0.1, 0.15) is 5.75 Å². The van der Waals surface area contributed by atoms with Crippen molar-refractivity contribution >= 4 is 46.3 Å². The lowest BCUT2D eigenvalue weighted by molar-refractivity contribution is 0.262. The lowest BCUT2D eigenvalue weighted by Crippen LogP contribution is -2.20. The Hall–Kier alpha value is -2.11. The summed E-state index contributed by atoms with van der Waals surface area (Å²) in [5.41, 5.74) is 6.98. The number of carbonyl (C=O) groups is 1. The first-order valence-corrected chi connectivity index (χ1v) is 6.72. The number of anilines is 3. The van der Waals surface area contributed by atoms with Gasteiger partial charge in [-0.3, -0.25) is 0 Å². The van der Waals surface area contributed by atoms with Gasteiger partial charge in [-0.2, -0.15) is 0 Å². The number of hydrogen-bond donors (Lipinski definition) is 3. The highest BCUT2D eigenvalue weighted by Crippen LogP contribution is 2.32. The Morgan fingerprint density at radius 3 is 2.38 bits per heavy atom. The molecule has 0 unspecified atom stereocenters. The zero-order valence-corrected chi connectivity index (χ0v) is 12.6. The molecule has 0 aliphatic rings. The number of nitrogen functional groups attached to an aromatic ring is 1. The van der Waals surface area contributed by atoms with Gasteiger partial charge in [0, 0.05) is 10.7 Å². The van der Waals surface area contributed by atoms with Crippen molar-refractivity contribution in [2.24, 2.45) is 0 Å². The SMILES string of the molecule is COc1ccc(NC(=O)Nc2c(N)cc(Cl)cc2Cl)cc1. The third kappa shape index (κ3) is 3.93. The van der Waals surface area contributed by atoms with Gasteiger partial charge in [-0.1, -0.05) is 23.2 Å². The molecular formula is C14H13Cl2N3O2. The maximum absolute atomic E-state index is 11.9. The summed E-state index contributed by atoms with van der Waals surface area (Å²) in [7, 11) is 1.57. The Morgan fingerprint density at radius 1 is 1.14 bits per heavy atom. The largest absolute Gasteiger partial charge is 0.497 e. The van der Waals surface area contributed by atoms with E-state index >= 15 is 0 Å². The minimum Gasteiger partial charge on any atom is -0.497 e. The van der Waals surface area contributed by atoms with Gasteiger partial charge >= 0.3 is 6.03 Å². The van der Waals surface area contributed by atoms with Crippen molar-refractivity contribution in [3.05, 3.63) is 46.4 Å². The lowest BCUT2D eigenvalue weighted by atomic mass is 10.2. The van der Waals surface area contributed by atoms with Gasteiger partial charge in [0.25, 0.3) is 0 Å². The van der Waals surface area contributed by atoms with Crippen LogP contribution in [0.25, 0.3) is 0 Å². The molecule has 0 radical (unpaired) electrons. The molecule has 4 N–H and O–H groups in total. The van der Waals surface area contributed by atoms with Crippen LogP contribution in [0.2, 0.25) is 10.0 Å². The van der Waals surface area contributed by atoms with Crippen molar-refractivity contribution in [2.45, 2.75) is 0 Å². The van der Waals surface area contributed by atoms with Crippen LogP contribution in [0.3, 0.4) is 0 Å². The van der Waals surface area contributed by atoms with E-state index in [-0.39, 0.29) is 10.7 Å². The summed E-state index contributed by atoms with van der Waals surface area (Å²) >= 11 is 11.8. The van der Waals surface area contributed by atoms with Crippen molar-refractivity contribution in [3.8, 4) is 5.75 Å². The Labute approximate surface area is 132 Å². The molecule has 0 heterocycles. The van der Waals surface area contributed by atoms with E-state index in [1.54, 1.807) is 31.4 Å². The first-order valence-electron chi connectivity index (χ1n) is 5.96. The van der Waals surface area contributed by atoms with Crippen molar-refractivity contribution in [2.75, 3.05) is 23.5 Å². The summed E-state index contributed by atoms with van der Waals surface area (Å²) in [6, 6.07) is 9.45. The number of benzene rings is 2. The molecule has 2 amide bonds. The number of nitrogens with two attached hydrogens (primary N) is 1. The van der Waals surface area contributed by atoms with E-state index in [9.17, 15) is 4.79 Å². The fourth-order valence-corrected chi connectivity index (χ4v) is 2.23. The first-order chi connectivity index (χ1) is 9.99. The molecule has 7 heteroatoms. The second-order valence-corrected chi connectivity index (χ2v) is 5.00. The van der Waals surface area contributed by atoms with Crippen molar-refractivity contribution in [1.82, 2.24) is 0 Å². The Kier molecular flexibility index (Phi) is 4.77. The Morgan fingerprint density at radius 2 is 1.81 bits per heavy atom. The molecule has 2 rings (SSSR count). The maximum atomic E-state index is 11.9. The van der Waals surface area contributed by atoms with Crippen molar-refractivity contribution < 1.29 is 9.53 Å². The summed E-state index contributed by atoms with van der Waals surface area (Å²) in [4.78, 5) is 11.9. The molecule has 0 aliphatic heterocycles. The van der Waals surface area contributed by atoms with Crippen LogP contribution in [0.15, 0.2) is 36.4 Å². The second-order valence-electron chi connectivity index (χ2n) is 4.16. The molecule has 0 saturated heterocycles. The highest BCUT2D eigenvalue weighted by atomic mass is 35.5. The van der Waals surface area contributed by atoms with Crippen LogP contribution in [-0.2, 0) is 0 Å². The molecule has 2 aromatic carbocycles. The average molecular weight is 326 g/mol. The van der Waals surface area contributed by atoms with Crippen molar-refractivity contribution in [3.63, 3.8) is 0 Å². The van der Waals surface area contributed by atoms with Gasteiger partial charge in [-0.15, -0.1) is 0 Å². The van der Waals surface area contributed by atoms with Crippen LogP contribution < -0.4 is 21.1 Å². The first kappa shape index (κ1) is 15.3. The average Bonchev–Trinajstić information content (AvgIpc) is 2.43.